The minimum Gasteiger partial charge on any atom is -0.463 e. The molecule has 2 rings (SSSR count). The molecular formula is C20H17F4NO5. The summed E-state index contributed by atoms with van der Waals surface area (Å²) in [7, 11) is 0. The Morgan fingerprint density at radius 3 is 2.13 bits per heavy atom. The molecule has 2 atom stereocenters. The van der Waals surface area contributed by atoms with Crippen LogP contribution in [-0.4, -0.2) is 35.5 Å². The molecule has 0 aliphatic rings. The molecule has 2 aromatic rings. The van der Waals surface area contributed by atoms with Crippen molar-refractivity contribution in [1.29, 1.82) is 0 Å². The molecule has 0 saturated heterocycles. The minimum absolute atomic E-state index is 0.342. The molecule has 0 heterocycles. The third-order valence-electron chi connectivity index (χ3n) is 4.39. The number of ether oxygens (including phenoxy) is 1. The largest absolute Gasteiger partial charge is 0.463 e. The zero-order valence-corrected chi connectivity index (χ0v) is 15.7. The number of hydrogen-bond acceptors (Lipinski definition) is 5. The van der Waals surface area contributed by atoms with E-state index in [1.165, 1.54) is 25.1 Å². The number of hydrogen-bond donors (Lipinski definition) is 0. The number of rotatable bonds is 8. The highest BCUT2D eigenvalue weighted by atomic mass is 19.4. The Balaban J connectivity index is 2.78. The molecule has 0 aliphatic carbocycles. The molecule has 10 heteroatoms. The van der Waals surface area contributed by atoms with Gasteiger partial charge in [0.15, 0.2) is 0 Å². The standard InChI is InChI=1S/C20H17F4NO5/c1-2-30-18(27)19(21,17(26)13-8-4-3-5-9-13)16(12-25(28)29)14-10-6-7-11-15(14)20(22,23)24/h3-11,16H,2,12H2,1H3/t16-,19-/m0/s1. The average molecular weight is 427 g/mol. The number of ketones is 1. The Morgan fingerprint density at radius 2 is 1.60 bits per heavy atom. The van der Waals surface area contributed by atoms with Crippen molar-refractivity contribution in [1.82, 2.24) is 0 Å². The second-order valence-electron chi connectivity index (χ2n) is 6.28. The lowest BCUT2D eigenvalue weighted by atomic mass is 9.76. The van der Waals surface area contributed by atoms with Crippen LogP contribution >= 0.6 is 0 Å². The van der Waals surface area contributed by atoms with Gasteiger partial charge >= 0.3 is 12.1 Å². The topological polar surface area (TPSA) is 86.5 Å². The lowest BCUT2D eigenvalue weighted by molar-refractivity contribution is -0.485. The molecule has 0 spiro atoms. The molecule has 0 saturated carbocycles. The van der Waals surface area contributed by atoms with Crippen molar-refractivity contribution in [3.05, 3.63) is 81.4 Å². The van der Waals surface area contributed by atoms with Crippen molar-refractivity contribution in [2.75, 3.05) is 13.2 Å². The number of alkyl halides is 4. The zero-order valence-electron chi connectivity index (χ0n) is 15.7. The predicted molar refractivity (Wildman–Crippen MR) is 97.3 cm³/mol. The van der Waals surface area contributed by atoms with E-state index in [4.69, 9.17) is 0 Å². The van der Waals surface area contributed by atoms with Crippen LogP contribution in [0.25, 0.3) is 0 Å². The van der Waals surface area contributed by atoms with Gasteiger partial charge in [0.25, 0.3) is 5.67 Å². The van der Waals surface area contributed by atoms with Gasteiger partial charge in [0.2, 0.25) is 12.3 Å². The van der Waals surface area contributed by atoms with Crippen molar-refractivity contribution >= 4 is 11.8 Å². The number of halogens is 4. The first-order valence-electron chi connectivity index (χ1n) is 8.77. The van der Waals surface area contributed by atoms with Crippen LogP contribution in [0.4, 0.5) is 17.6 Å². The van der Waals surface area contributed by atoms with Crippen LogP contribution in [0.5, 0.6) is 0 Å². The Bertz CT molecular complexity index is 932. The Labute approximate surface area is 168 Å². The van der Waals surface area contributed by atoms with E-state index in [9.17, 15) is 32.9 Å². The maximum Gasteiger partial charge on any atom is 0.416 e. The van der Waals surface area contributed by atoms with Gasteiger partial charge in [-0.05, 0) is 18.6 Å². The fourth-order valence-corrected chi connectivity index (χ4v) is 3.08. The molecule has 160 valence electrons. The molecule has 0 fully saturated rings. The second-order valence-corrected chi connectivity index (χ2v) is 6.28. The van der Waals surface area contributed by atoms with Crippen molar-refractivity contribution in [3.8, 4) is 0 Å². The Hall–Kier alpha value is -3.30. The average Bonchev–Trinajstić information content (AvgIpc) is 2.71. The number of nitro groups is 1. The first kappa shape index (κ1) is 23.0. The van der Waals surface area contributed by atoms with E-state index in [-0.39, 0.29) is 5.56 Å². The summed E-state index contributed by atoms with van der Waals surface area (Å²) in [5.74, 6) is -5.69. The van der Waals surface area contributed by atoms with E-state index < -0.39 is 58.7 Å². The smallest absolute Gasteiger partial charge is 0.416 e. The van der Waals surface area contributed by atoms with Crippen LogP contribution in [0, 0.1) is 10.1 Å². The van der Waals surface area contributed by atoms with E-state index in [1.54, 1.807) is 0 Å². The fraction of sp³-hybridized carbons (Fsp3) is 0.300. The molecule has 6 nitrogen and oxygen atoms in total. The third-order valence-corrected chi connectivity index (χ3v) is 4.39. The normalized spacial score (nSPS) is 14.4. The van der Waals surface area contributed by atoms with Gasteiger partial charge in [0.05, 0.1) is 12.2 Å². The fourth-order valence-electron chi connectivity index (χ4n) is 3.08. The quantitative estimate of drug-likeness (QED) is 0.157. The molecule has 0 radical (unpaired) electrons. The summed E-state index contributed by atoms with van der Waals surface area (Å²) in [6.07, 6.45) is -5.00. The van der Waals surface area contributed by atoms with Gasteiger partial charge in [-0.15, -0.1) is 0 Å². The van der Waals surface area contributed by atoms with Gasteiger partial charge in [0, 0.05) is 10.5 Å². The second kappa shape index (κ2) is 9.02. The maximum absolute atomic E-state index is 16.2. The van der Waals surface area contributed by atoms with Crippen LogP contribution in [0.2, 0.25) is 0 Å². The predicted octanol–water partition coefficient (Wildman–Crippen LogP) is 4.22. The Morgan fingerprint density at radius 1 is 1.03 bits per heavy atom. The monoisotopic (exact) mass is 427 g/mol. The summed E-state index contributed by atoms with van der Waals surface area (Å²) in [5.41, 5.74) is -6.37. The number of esters is 1. The number of carbonyl (C=O) groups is 2. The molecule has 0 bridgehead atoms. The summed E-state index contributed by atoms with van der Waals surface area (Å²) in [6.45, 7) is -0.531. The highest BCUT2D eigenvalue weighted by molar-refractivity contribution is 6.16. The SMILES string of the molecule is CCOC(=O)[C@@](F)(C(=O)c1ccccc1)[C@@H](C[N+](=O)[O-])c1ccccc1C(F)(F)F. The molecule has 0 amide bonds. The van der Waals surface area contributed by atoms with Crippen LogP contribution < -0.4 is 0 Å². The van der Waals surface area contributed by atoms with Crippen LogP contribution in [0.1, 0.15) is 34.3 Å². The Kier molecular flexibility index (Phi) is 6.91. The highest BCUT2D eigenvalue weighted by Gasteiger charge is 2.58. The lowest BCUT2D eigenvalue weighted by Crippen LogP contribution is -2.51. The third kappa shape index (κ3) is 4.64. The van der Waals surface area contributed by atoms with Crippen LogP contribution in [-0.2, 0) is 15.7 Å². The molecule has 2 aromatic carbocycles. The number of benzene rings is 2. The molecule has 0 unspecified atom stereocenters. The van der Waals surface area contributed by atoms with E-state index in [0.717, 1.165) is 30.3 Å². The van der Waals surface area contributed by atoms with Crippen molar-refractivity contribution in [3.63, 3.8) is 0 Å². The van der Waals surface area contributed by atoms with E-state index >= 15 is 4.39 Å². The number of nitrogens with zero attached hydrogens (tertiary/aromatic N) is 1. The van der Waals surface area contributed by atoms with Crippen molar-refractivity contribution in [2.45, 2.75) is 24.7 Å². The molecule has 30 heavy (non-hydrogen) atoms. The van der Waals surface area contributed by atoms with Gasteiger partial charge in [-0.25, -0.2) is 9.18 Å². The minimum atomic E-state index is -5.00. The van der Waals surface area contributed by atoms with Gasteiger partial charge in [-0.2, -0.15) is 13.2 Å². The first-order valence-corrected chi connectivity index (χ1v) is 8.77. The van der Waals surface area contributed by atoms with Crippen molar-refractivity contribution < 1.29 is 36.8 Å². The maximum atomic E-state index is 16.2. The van der Waals surface area contributed by atoms with Gasteiger partial charge in [0.1, 0.15) is 5.92 Å². The summed E-state index contributed by atoms with van der Waals surface area (Å²) in [6, 6.07) is 10.0. The molecule has 0 aliphatic heterocycles. The molecule has 0 N–H and O–H groups in total. The van der Waals surface area contributed by atoms with E-state index in [1.807, 2.05) is 0 Å². The number of carbonyl (C=O) groups excluding carboxylic acids is 2. The zero-order chi connectivity index (χ0) is 22.5. The summed E-state index contributed by atoms with van der Waals surface area (Å²) in [4.78, 5) is 35.6. The highest BCUT2D eigenvalue weighted by Crippen LogP contribution is 2.42. The summed E-state index contributed by atoms with van der Waals surface area (Å²) < 4.78 is 61.4. The number of Topliss-reactive ketones (excluding diaryl/α,β-unsaturated/α-hetero) is 1. The lowest BCUT2D eigenvalue weighted by Gasteiger charge is -2.30. The van der Waals surface area contributed by atoms with Gasteiger partial charge in [-0.3, -0.25) is 14.9 Å². The van der Waals surface area contributed by atoms with Crippen LogP contribution in [0.15, 0.2) is 54.6 Å². The van der Waals surface area contributed by atoms with E-state index in [0.29, 0.717) is 6.07 Å². The molecular weight excluding hydrogens is 410 g/mol. The van der Waals surface area contributed by atoms with Gasteiger partial charge in [-0.1, -0.05) is 48.5 Å². The summed E-state index contributed by atoms with van der Waals surface area (Å²) in [5, 5.41) is 11.2. The van der Waals surface area contributed by atoms with Crippen LogP contribution in [0.3, 0.4) is 0 Å². The summed E-state index contributed by atoms with van der Waals surface area (Å²) >= 11 is 0. The van der Waals surface area contributed by atoms with E-state index in [2.05, 4.69) is 4.74 Å². The van der Waals surface area contributed by atoms with Gasteiger partial charge < -0.3 is 4.74 Å². The first-order chi connectivity index (χ1) is 14.0. The molecule has 0 aromatic heterocycles. The van der Waals surface area contributed by atoms with Crippen molar-refractivity contribution in [2.24, 2.45) is 0 Å².